The van der Waals surface area contributed by atoms with E-state index in [9.17, 15) is 10.1 Å². The van der Waals surface area contributed by atoms with Gasteiger partial charge in [-0.2, -0.15) is 0 Å². The van der Waals surface area contributed by atoms with Crippen molar-refractivity contribution in [1.29, 1.82) is 0 Å². The third kappa shape index (κ3) is 2.54. The van der Waals surface area contributed by atoms with Crippen LogP contribution in [-0.2, 0) is 0 Å². The highest BCUT2D eigenvalue weighted by Crippen LogP contribution is 2.32. The first-order valence-electron chi connectivity index (χ1n) is 5.19. The molecule has 0 aliphatic carbocycles. The molecule has 0 spiro atoms. The first kappa shape index (κ1) is 11.8. The van der Waals surface area contributed by atoms with Crippen LogP contribution in [0.3, 0.4) is 0 Å². The molecule has 6 nitrogen and oxygen atoms in total. The van der Waals surface area contributed by atoms with Crippen molar-refractivity contribution in [3.8, 4) is 11.5 Å². The molecule has 0 unspecified atom stereocenters. The number of nitro benzene ring substituents is 1. The number of benzene rings is 1. The molecule has 0 amide bonds. The molecule has 2 N–H and O–H groups in total. The van der Waals surface area contributed by atoms with Crippen LogP contribution in [0.15, 0.2) is 36.7 Å². The SMILES string of the molecule is Cc1ccc([N+](=O)[O-])c(Oc2cncc(N)c2)c1. The molecule has 0 radical (unpaired) electrons. The van der Waals surface area contributed by atoms with E-state index in [2.05, 4.69) is 4.98 Å². The zero-order chi connectivity index (χ0) is 13.1. The van der Waals surface area contributed by atoms with Gasteiger partial charge in [-0.05, 0) is 18.6 Å². The fourth-order valence-electron chi connectivity index (χ4n) is 1.47. The van der Waals surface area contributed by atoms with Gasteiger partial charge in [-0.25, -0.2) is 0 Å². The van der Waals surface area contributed by atoms with Crippen molar-refractivity contribution in [2.75, 3.05) is 5.73 Å². The normalized spacial score (nSPS) is 10.1. The smallest absolute Gasteiger partial charge is 0.311 e. The fourth-order valence-corrected chi connectivity index (χ4v) is 1.47. The maximum Gasteiger partial charge on any atom is 0.311 e. The van der Waals surface area contributed by atoms with Crippen LogP contribution in [0.4, 0.5) is 11.4 Å². The van der Waals surface area contributed by atoms with Crippen molar-refractivity contribution in [3.63, 3.8) is 0 Å². The molecular formula is C12H11N3O3. The molecule has 92 valence electrons. The van der Waals surface area contributed by atoms with Crippen LogP contribution < -0.4 is 10.5 Å². The number of aryl methyl sites for hydroxylation is 1. The lowest BCUT2D eigenvalue weighted by Crippen LogP contribution is -1.95. The van der Waals surface area contributed by atoms with Gasteiger partial charge in [0.1, 0.15) is 5.75 Å². The topological polar surface area (TPSA) is 91.3 Å². The molecule has 0 aliphatic rings. The van der Waals surface area contributed by atoms with E-state index < -0.39 is 4.92 Å². The van der Waals surface area contributed by atoms with E-state index in [0.717, 1.165) is 5.56 Å². The molecule has 0 bridgehead atoms. The van der Waals surface area contributed by atoms with Gasteiger partial charge in [0.15, 0.2) is 0 Å². The summed E-state index contributed by atoms with van der Waals surface area (Å²) in [6, 6.07) is 6.22. The molecule has 18 heavy (non-hydrogen) atoms. The molecule has 0 fully saturated rings. The summed E-state index contributed by atoms with van der Waals surface area (Å²) in [7, 11) is 0. The molecule has 1 aromatic carbocycles. The monoisotopic (exact) mass is 245 g/mol. The first-order chi connectivity index (χ1) is 8.56. The summed E-state index contributed by atoms with van der Waals surface area (Å²) >= 11 is 0. The number of aromatic nitrogens is 1. The zero-order valence-corrected chi connectivity index (χ0v) is 9.66. The minimum absolute atomic E-state index is 0.0944. The molecule has 1 heterocycles. The van der Waals surface area contributed by atoms with Gasteiger partial charge in [0, 0.05) is 12.1 Å². The summed E-state index contributed by atoms with van der Waals surface area (Å²) in [6.07, 6.45) is 2.92. The van der Waals surface area contributed by atoms with Gasteiger partial charge in [0.25, 0.3) is 0 Å². The van der Waals surface area contributed by atoms with Crippen LogP contribution in [0, 0.1) is 17.0 Å². The van der Waals surface area contributed by atoms with Crippen LogP contribution in [-0.4, -0.2) is 9.91 Å². The number of nitrogens with two attached hydrogens (primary N) is 1. The van der Waals surface area contributed by atoms with Gasteiger partial charge in [-0.15, -0.1) is 0 Å². The lowest BCUT2D eigenvalue weighted by molar-refractivity contribution is -0.385. The number of rotatable bonds is 3. The van der Waals surface area contributed by atoms with E-state index in [1.807, 2.05) is 6.92 Å². The number of nitrogens with zero attached hydrogens (tertiary/aromatic N) is 2. The average molecular weight is 245 g/mol. The Bertz CT molecular complexity index is 599. The number of hydrogen-bond donors (Lipinski definition) is 1. The van der Waals surface area contributed by atoms with Crippen molar-refractivity contribution in [3.05, 3.63) is 52.3 Å². The molecule has 6 heteroatoms. The van der Waals surface area contributed by atoms with Crippen LogP contribution in [0.1, 0.15) is 5.56 Å². The highest BCUT2D eigenvalue weighted by atomic mass is 16.6. The minimum atomic E-state index is -0.492. The van der Waals surface area contributed by atoms with Crippen LogP contribution >= 0.6 is 0 Å². The largest absolute Gasteiger partial charge is 0.448 e. The van der Waals surface area contributed by atoms with Gasteiger partial charge in [0.2, 0.25) is 5.75 Å². The summed E-state index contributed by atoms with van der Waals surface area (Å²) in [5.41, 5.74) is 6.77. The van der Waals surface area contributed by atoms with E-state index in [1.54, 1.807) is 18.2 Å². The lowest BCUT2D eigenvalue weighted by Gasteiger charge is -2.07. The van der Waals surface area contributed by atoms with Gasteiger partial charge < -0.3 is 10.5 Å². The molecule has 0 atom stereocenters. The zero-order valence-electron chi connectivity index (χ0n) is 9.66. The van der Waals surface area contributed by atoms with Crippen molar-refractivity contribution in [2.45, 2.75) is 6.92 Å². The second-order valence-corrected chi connectivity index (χ2v) is 3.78. The molecule has 0 saturated heterocycles. The molecule has 2 rings (SSSR count). The number of ether oxygens (including phenoxy) is 1. The van der Waals surface area contributed by atoms with Crippen LogP contribution in [0.5, 0.6) is 11.5 Å². The molecule has 1 aromatic heterocycles. The second-order valence-electron chi connectivity index (χ2n) is 3.78. The predicted octanol–water partition coefficient (Wildman–Crippen LogP) is 2.67. The lowest BCUT2D eigenvalue weighted by atomic mass is 10.2. The number of nitrogen functional groups attached to an aromatic ring is 1. The Kier molecular flexibility index (Phi) is 3.09. The number of pyridine rings is 1. The number of anilines is 1. The van der Waals surface area contributed by atoms with E-state index in [-0.39, 0.29) is 11.4 Å². The fraction of sp³-hybridized carbons (Fsp3) is 0.0833. The highest BCUT2D eigenvalue weighted by molar-refractivity contribution is 5.51. The molecule has 0 saturated carbocycles. The van der Waals surface area contributed by atoms with E-state index in [0.29, 0.717) is 11.4 Å². The van der Waals surface area contributed by atoms with Crippen molar-refractivity contribution < 1.29 is 9.66 Å². The van der Waals surface area contributed by atoms with Crippen LogP contribution in [0.25, 0.3) is 0 Å². The van der Waals surface area contributed by atoms with E-state index >= 15 is 0 Å². The minimum Gasteiger partial charge on any atom is -0.448 e. The molecular weight excluding hydrogens is 234 g/mol. The summed E-state index contributed by atoms with van der Waals surface area (Å²) in [5, 5.41) is 10.9. The summed E-state index contributed by atoms with van der Waals surface area (Å²) in [4.78, 5) is 14.2. The summed E-state index contributed by atoms with van der Waals surface area (Å²) in [6.45, 7) is 1.83. The summed E-state index contributed by atoms with van der Waals surface area (Å²) < 4.78 is 5.45. The van der Waals surface area contributed by atoms with Crippen LogP contribution in [0.2, 0.25) is 0 Å². The van der Waals surface area contributed by atoms with Gasteiger partial charge in [0.05, 0.1) is 23.0 Å². The summed E-state index contributed by atoms with van der Waals surface area (Å²) in [5.74, 6) is 0.538. The van der Waals surface area contributed by atoms with E-state index in [1.165, 1.54) is 18.5 Å². The average Bonchev–Trinajstić information content (AvgIpc) is 2.28. The van der Waals surface area contributed by atoms with Gasteiger partial charge in [-0.1, -0.05) is 6.07 Å². The first-order valence-corrected chi connectivity index (χ1v) is 5.19. The van der Waals surface area contributed by atoms with Gasteiger partial charge in [-0.3, -0.25) is 15.1 Å². The standard InChI is InChI=1S/C12H11N3O3/c1-8-2-3-11(15(16)17)12(4-8)18-10-5-9(13)6-14-7-10/h2-7H,13H2,1H3. The predicted molar refractivity (Wildman–Crippen MR) is 66.6 cm³/mol. The van der Waals surface area contributed by atoms with E-state index in [4.69, 9.17) is 10.5 Å². The van der Waals surface area contributed by atoms with Crippen molar-refractivity contribution in [2.24, 2.45) is 0 Å². The maximum absolute atomic E-state index is 10.9. The quantitative estimate of drug-likeness (QED) is 0.663. The Morgan fingerprint density at radius 3 is 2.78 bits per heavy atom. The third-order valence-electron chi connectivity index (χ3n) is 2.27. The Morgan fingerprint density at radius 2 is 2.11 bits per heavy atom. The maximum atomic E-state index is 10.9. The highest BCUT2D eigenvalue weighted by Gasteiger charge is 2.15. The Labute approximate surface area is 103 Å². The molecule has 2 aromatic rings. The Morgan fingerprint density at radius 1 is 1.33 bits per heavy atom. The second kappa shape index (κ2) is 4.70. The van der Waals surface area contributed by atoms with Crippen molar-refractivity contribution >= 4 is 11.4 Å². The third-order valence-corrected chi connectivity index (χ3v) is 2.27. The van der Waals surface area contributed by atoms with Gasteiger partial charge >= 0.3 is 5.69 Å². The Balaban J connectivity index is 2.39. The number of nitro groups is 1. The molecule has 0 aliphatic heterocycles. The number of hydrogen-bond acceptors (Lipinski definition) is 5. The Hall–Kier alpha value is -2.63. The van der Waals surface area contributed by atoms with Crippen molar-refractivity contribution in [1.82, 2.24) is 4.98 Å².